The molecule has 0 unspecified atom stereocenters. The molecule has 14 heavy (non-hydrogen) atoms. The maximum Gasteiger partial charge on any atom is 0.158 e. The number of sulfone groups is 1. The molecule has 0 aliphatic carbocycles. The lowest BCUT2D eigenvalue weighted by Gasteiger charge is -2.01. The Balaban J connectivity index is 3.68. The summed E-state index contributed by atoms with van der Waals surface area (Å²) in [5, 5.41) is 0. The SMILES string of the molecule is CCCS(=O)(=O)CCCC(=O)COC. The van der Waals surface area contributed by atoms with E-state index in [2.05, 4.69) is 4.74 Å². The van der Waals surface area contributed by atoms with Crippen LogP contribution in [0.1, 0.15) is 26.2 Å². The van der Waals surface area contributed by atoms with E-state index in [9.17, 15) is 13.2 Å². The third kappa shape index (κ3) is 7.03. The van der Waals surface area contributed by atoms with E-state index in [1.807, 2.05) is 6.92 Å². The fourth-order valence-electron chi connectivity index (χ4n) is 1.14. The van der Waals surface area contributed by atoms with Gasteiger partial charge in [0.15, 0.2) is 5.78 Å². The van der Waals surface area contributed by atoms with Gasteiger partial charge in [0.05, 0.1) is 5.75 Å². The fraction of sp³-hybridized carbons (Fsp3) is 0.889. The normalized spacial score (nSPS) is 11.6. The Morgan fingerprint density at radius 1 is 1.29 bits per heavy atom. The number of carbonyl (C=O) groups is 1. The van der Waals surface area contributed by atoms with E-state index >= 15 is 0 Å². The summed E-state index contributed by atoms with van der Waals surface area (Å²) in [5.74, 6) is 0.279. The lowest BCUT2D eigenvalue weighted by Crippen LogP contribution is -2.13. The fourth-order valence-corrected chi connectivity index (χ4v) is 2.55. The highest BCUT2D eigenvalue weighted by Gasteiger charge is 2.10. The first-order valence-electron chi connectivity index (χ1n) is 4.73. The number of hydrogen-bond acceptors (Lipinski definition) is 4. The molecular weight excluding hydrogens is 204 g/mol. The second kappa shape index (κ2) is 6.95. The standard InChI is InChI=1S/C9H18O4S/c1-3-6-14(11,12)7-4-5-9(10)8-13-2/h3-8H2,1-2H3. The second-order valence-electron chi connectivity index (χ2n) is 3.23. The first-order chi connectivity index (χ1) is 6.52. The lowest BCUT2D eigenvalue weighted by atomic mass is 10.2. The van der Waals surface area contributed by atoms with Crippen molar-refractivity contribution in [3.63, 3.8) is 0 Å². The van der Waals surface area contributed by atoms with E-state index in [0.717, 1.165) is 0 Å². The van der Waals surface area contributed by atoms with E-state index in [1.54, 1.807) is 0 Å². The minimum Gasteiger partial charge on any atom is -0.377 e. The minimum absolute atomic E-state index is 0.0424. The van der Waals surface area contributed by atoms with Gasteiger partial charge in [0, 0.05) is 19.3 Å². The molecule has 0 bridgehead atoms. The van der Waals surface area contributed by atoms with Crippen LogP contribution < -0.4 is 0 Å². The third-order valence-electron chi connectivity index (χ3n) is 1.73. The predicted molar refractivity (Wildman–Crippen MR) is 55.1 cm³/mol. The molecule has 0 saturated heterocycles. The van der Waals surface area contributed by atoms with E-state index in [1.165, 1.54) is 7.11 Å². The molecule has 0 aromatic heterocycles. The summed E-state index contributed by atoms with van der Waals surface area (Å²) in [6, 6.07) is 0. The second-order valence-corrected chi connectivity index (χ2v) is 5.53. The molecule has 0 aromatic carbocycles. The summed E-state index contributed by atoms with van der Waals surface area (Å²) in [5.41, 5.74) is 0. The molecule has 0 atom stereocenters. The van der Waals surface area contributed by atoms with Crippen molar-refractivity contribution < 1.29 is 17.9 Å². The van der Waals surface area contributed by atoms with Crippen molar-refractivity contribution in [2.45, 2.75) is 26.2 Å². The Kier molecular flexibility index (Phi) is 6.74. The van der Waals surface area contributed by atoms with Crippen molar-refractivity contribution in [1.82, 2.24) is 0 Å². The molecule has 0 rings (SSSR count). The van der Waals surface area contributed by atoms with Crippen LogP contribution in [0.15, 0.2) is 0 Å². The zero-order chi connectivity index (χ0) is 11.0. The van der Waals surface area contributed by atoms with Crippen LogP contribution in [0, 0.1) is 0 Å². The van der Waals surface area contributed by atoms with Crippen LogP contribution in [0.3, 0.4) is 0 Å². The highest BCUT2D eigenvalue weighted by atomic mass is 32.2. The Morgan fingerprint density at radius 2 is 1.93 bits per heavy atom. The van der Waals surface area contributed by atoms with E-state index in [4.69, 9.17) is 0 Å². The monoisotopic (exact) mass is 222 g/mol. The van der Waals surface area contributed by atoms with E-state index in [-0.39, 0.29) is 30.3 Å². The highest BCUT2D eigenvalue weighted by molar-refractivity contribution is 7.91. The van der Waals surface area contributed by atoms with Crippen LogP contribution in [0.4, 0.5) is 0 Å². The van der Waals surface area contributed by atoms with Gasteiger partial charge in [-0.1, -0.05) is 6.92 Å². The highest BCUT2D eigenvalue weighted by Crippen LogP contribution is 2.00. The summed E-state index contributed by atoms with van der Waals surface area (Å²) >= 11 is 0. The Hall–Kier alpha value is -0.420. The van der Waals surface area contributed by atoms with Crippen LogP contribution in [-0.4, -0.2) is 39.4 Å². The molecule has 0 aromatic rings. The van der Waals surface area contributed by atoms with E-state index < -0.39 is 9.84 Å². The van der Waals surface area contributed by atoms with Crippen molar-refractivity contribution in [2.24, 2.45) is 0 Å². The van der Waals surface area contributed by atoms with Crippen molar-refractivity contribution in [1.29, 1.82) is 0 Å². The number of methoxy groups -OCH3 is 1. The van der Waals surface area contributed by atoms with Gasteiger partial charge in [-0.25, -0.2) is 8.42 Å². The summed E-state index contributed by atoms with van der Waals surface area (Å²) in [6.07, 6.45) is 1.33. The zero-order valence-electron chi connectivity index (χ0n) is 8.78. The number of Topliss-reactive ketones (excluding diaryl/α,β-unsaturated/α-hetero) is 1. The zero-order valence-corrected chi connectivity index (χ0v) is 9.60. The van der Waals surface area contributed by atoms with Crippen LogP contribution in [-0.2, 0) is 19.4 Å². The Morgan fingerprint density at radius 3 is 2.43 bits per heavy atom. The molecule has 0 radical (unpaired) electrons. The van der Waals surface area contributed by atoms with Gasteiger partial charge < -0.3 is 4.74 Å². The van der Waals surface area contributed by atoms with Gasteiger partial charge in [0.25, 0.3) is 0 Å². The van der Waals surface area contributed by atoms with Crippen molar-refractivity contribution >= 4 is 15.6 Å². The molecule has 84 valence electrons. The molecule has 0 aliphatic heterocycles. The molecule has 0 spiro atoms. The maximum absolute atomic E-state index is 11.2. The van der Waals surface area contributed by atoms with Crippen molar-refractivity contribution in [3.05, 3.63) is 0 Å². The largest absolute Gasteiger partial charge is 0.377 e. The number of hydrogen-bond donors (Lipinski definition) is 0. The predicted octanol–water partition coefficient (Wildman–Crippen LogP) is 0.807. The molecule has 4 nitrogen and oxygen atoms in total. The van der Waals surface area contributed by atoms with Gasteiger partial charge in [-0.2, -0.15) is 0 Å². The molecule has 0 amide bonds. The average Bonchev–Trinajstić information content (AvgIpc) is 2.03. The van der Waals surface area contributed by atoms with Crippen LogP contribution in [0.2, 0.25) is 0 Å². The summed E-state index contributed by atoms with van der Waals surface area (Å²) in [6.45, 7) is 1.90. The number of carbonyl (C=O) groups excluding carboxylic acids is 1. The molecular formula is C9H18O4S. The topological polar surface area (TPSA) is 60.4 Å². The molecule has 5 heteroatoms. The summed E-state index contributed by atoms with van der Waals surface area (Å²) < 4.78 is 27.1. The average molecular weight is 222 g/mol. The van der Waals surface area contributed by atoms with Crippen molar-refractivity contribution in [3.8, 4) is 0 Å². The van der Waals surface area contributed by atoms with Crippen LogP contribution in [0.25, 0.3) is 0 Å². The molecule has 0 N–H and O–H groups in total. The van der Waals surface area contributed by atoms with Gasteiger partial charge in [-0.15, -0.1) is 0 Å². The summed E-state index contributed by atoms with van der Waals surface area (Å²) in [4.78, 5) is 11.0. The number of ether oxygens (including phenoxy) is 1. The van der Waals surface area contributed by atoms with Gasteiger partial charge in [0.1, 0.15) is 16.4 Å². The lowest BCUT2D eigenvalue weighted by molar-refractivity contribution is -0.122. The van der Waals surface area contributed by atoms with Gasteiger partial charge in [-0.05, 0) is 12.8 Å². The molecule has 0 heterocycles. The molecule has 0 aliphatic rings. The minimum atomic E-state index is -2.94. The van der Waals surface area contributed by atoms with Gasteiger partial charge >= 0.3 is 0 Å². The smallest absolute Gasteiger partial charge is 0.158 e. The first-order valence-corrected chi connectivity index (χ1v) is 6.55. The van der Waals surface area contributed by atoms with Crippen molar-refractivity contribution in [2.75, 3.05) is 25.2 Å². The van der Waals surface area contributed by atoms with Crippen LogP contribution >= 0.6 is 0 Å². The Bertz CT molecular complexity index is 256. The molecule has 0 fully saturated rings. The van der Waals surface area contributed by atoms with Crippen LogP contribution in [0.5, 0.6) is 0 Å². The third-order valence-corrected chi connectivity index (χ3v) is 3.67. The number of ketones is 1. The van der Waals surface area contributed by atoms with E-state index in [0.29, 0.717) is 12.8 Å². The maximum atomic E-state index is 11.2. The summed E-state index contributed by atoms with van der Waals surface area (Å²) in [7, 11) is -1.49. The van der Waals surface area contributed by atoms with Gasteiger partial charge in [-0.3, -0.25) is 4.79 Å². The first kappa shape index (κ1) is 13.6. The quantitative estimate of drug-likeness (QED) is 0.609. The molecule has 0 saturated carbocycles. The number of rotatable bonds is 8. The van der Waals surface area contributed by atoms with Gasteiger partial charge in [0.2, 0.25) is 0 Å². The Labute approximate surface area is 85.6 Å².